The molecule has 0 saturated carbocycles. The first-order valence-electron chi connectivity index (χ1n) is 12.3. The largest absolute Gasteiger partial charge is 0.376 e. The predicted octanol–water partition coefficient (Wildman–Crippen LogP) is 4.50. The molecule has 0 aliphatic heterocycles. The summed E-state index contributed by atoms with van der Waals surface area (Å²) in [5.41, 5.74) is 5.55. The van der Waals surface area contributed by atoms with E-state index in [9.17, 15) is 0 Å². The van der Waals surface area contributed by atoms with E-state index in [4.69, 9.17) is 24.7 Å². The maximum Gasteiger partial charge on any atom is 0.108 e. The highest BCUT2D eigenvalue weighted by Crippen LogP contribution is 2.22. The molecule has 8 heteroatoms. The van der Waals surface area contributed by atoms with Gasteiger partial charge in [-0.05, 0) is 94.5 Å². The van der Waals surface area contributed by atoms with E-state index in [0.29, 0.717) is 33.0 Å². The van der Waals surface area contributed by atoms with E-state index in [1.807, 2.05) is 17.8 Å². The highest BCUT2D eigenvalue weighted by molar-refractivity contribution is 4.91. The second kappa shape index (κ2) is 13.1. The van der Waals surface area contributed by atoms with Gasteiger partial charge in [-0.1, -0.05) is 5.21 Å². The molecule has 0 saturated heterocycles. The molecule has 0 fully saturated rings. The van der Waals surface area contributed by atoms with E-state index < -0.39 is 0 Å². The average Bonchev–Trinajstić information content (AvgIpc) is 3.12. The minimum absolute atomic E-state index is 0.161. The lowest BCUT2D eigenvalue weighted by Crippen LogP contribution is -2.32. The number of ether oxygens (including phenoxy) is 4. The Kier molecular flexibility index (Phi) is 11.9. The van der Waals surface area contributed by atoms with Crippen molar-refractivity contribution in [1.29, 1.82) is 0 Å². The minimum Gasteiger partial charge on any atom is -0.376 e. The third-order valence-electron chi connectivity index (χ3n) is 5.82. The number of nitrogens with two attached hydrogens (primary N) is 1. The molecule has 0 aromatic carbocycles. The van der Waals surface area contributed by atoms with E-state index >= 15 is 0 Å². The van der Waals surface area contributed by atoms with Gasteiger partial charge in [0.1, 0.15) is 5.69 Å². The van der Waals surface area contributed by atoms with Gasteiger partial charge in [0.25, 0.3) is 0 Å². The standard InChI is InChI=1S/C25H50N4O4/c1-10-30-24(6,7)13-17-32-23(4,5)12-16-29-19-21(27-28-29)20-33-25(8,9)14-18-31-22(2,3)11-15-26/h19H,10-18,20,26H2,1-9H3. The number of nitrogens with zero attached hydrogens (tertiary/aromatic N) is 3. The van der Waals surface area contributed by atoms with Gasteiger partial charge in [0.05, 0.1) is 48.4 Å². The summed E-state index contributed by atoms with van der Waals surface area (Å²) in [6, 6.07) is 0. The van der Waals surface area contributed by atoms with Crippen LogP contribution in [0.15, 0.2) is 6.20 Å². The summed E-state index contributed by atoms with van der Waals surface area (Å²) in [7, 11) is 0. The van der Waals surface area contributed by atoms with Gasteiger partial charge >= 0.3 is 0 Å². The van der Waals surface area contributed by atoms with Gasteiger partial charge in [0.15, 0.2) is 0 Å². The maximum absolute atomic E-state index is 6.12. The molecular weight excluding hydrogens is 420 g/mol. The van der Waals surface area contributed by atoms with Gasteiger partial charge in [-0.2, -0.15) is 0 Å². The summed E-state index contributed by atoms with van der Waals surface area (Å²) < 4.78 is 25.8. The van der Waals surface area contributed by atoms with Crippen molar-refractivity contribution in [3.05, 3.63) is 11.9 Å². The Morgan fingerprint density at radius 2 is 1.27 bits per heavy atom. The van der Waals surface area contributed by atoms with Gasteiger partial charge < -0.3 is 24.7 Å². The fraction of sp³-hybridized carbons (Fsp3) is 0.920. The van der Waals surface area contributed by atoms with E-state index in [1.165, 1.54) is 0 Å². The number of hydrogen-bond donors (Lipinski definition) is 1. The van der Waals surface area contributed by atoms with Crippen molar-refractivity contribution in [3.63, 3.8) is 0 Å². The molecule has 0 atom stereocenters. The first-order valence-corrected chi connectivity index (χ1v) is 12.3. The smallest absolute Gasteiger partial charge is 0.108 e. The quantitative estimate of drug-likeness (QED) is 0.338. The molecule has 33 heavy (non-hydrogen) atoms. The lowest BCUT2D eigenvalue weighted by molar-refractivity contribution is -0.0798. The monoisotopic (exact) mass is 470 g/mol. The van der Waals surface area contributed by atoms with Crippen molar-refractivity contribution in [2.45, 2.75) is 124 Å². The fourth-order valence-corrected chi connectivity index (χ4v) is 3.34. The van der Waals surface area contributed by atoms with Crippen molar-refractivity contribution < 1.29 is 18.9 Å². The topological polar surface area (TPSA) is 93.7 Å². The molecule has 8 nitrogen and oxygen atoms in total. The Morgan fingerprint density at radius 1 is 0.758 bits per heavy atom. The normalized spacial score (nSPS) is 13.6. The van der Waals surface area contributed by atoms with Gasteiger partial charge in [0.2, 0.25) is 0 Å². The van der Waals surface area contributed by atoms with Crippen LogP contribution >= 0.6 is 0 Å². The molecule has 0 aliphatic carbocycles. The lowest BCUT2D eigenvalue weighted by atomic mass is 10.0. The SMILES string of the molecule is CCOC(C)(C)CCOC(C)(C)CCn1cc(COC(C)(C)CCOC(C)(C)CCN)nn1. The molecule has 0 radical (unpaired) electrons. The zero-order valence-electron chi connectivity index (χ0n) is 22.7. The Balaban J connectivity index is 2.38. The maximum atomic E-state index is 6.12. The second-order valence-electron chi connectivity index (χ2n) is 11.2. The van der Waals surface area contributed by atoms with E-state index in [-0.39, 0.29) is 22.4 Å². The Hall–Kier alpha value is -1.06. The fourth-order valence-electron chi connectivity index (χ4n) is 3.34. The molecular formula is C25H50N4O4. The van der Waals surface area contributed by atoms with Crippen LogP contribution < -0.4 is 5.73 Å². The van der Waals surface area contributed by atoms with Crippen LogP contribution in [0.1, 0.15) is 93.7 Å². The Morgan fingerprint density at radius 3 is 1.82 bits per heavy atom. The number of hydrogen-bond acceptors (Lipinski definition) is 7. The molecule has 194 valence electrons. The van der Waals surface area contributed by atoms with Crippen molar-refractivity contribution in [3.8, 4) is 0 Å². The van der Waals surface area contributed by atoms with Crippen LogP contribution in [0.3, 0.4) is 0 Å². The van der Waals surface area contributed by atoms with Crippen LogP contribution in [0.25, 0.3) is 0 Å². The molecule has 1 aromatic heterocycles. The van der Waals surface area contributed by atoms with Crippen molar-refractivity contribution in [2.75, 3.05) is 26.4 Å². The zero-order chi connectivity index (χ0) is 25.2. The Bertz CT molecular complexity index is 617. The molecule has 1 aromatic rings. The third kappa shape index (κ3) is 13.4. The summed E-state index contributed by atoms with van der Waals surface area (Å²) in [6.07, 6.45) is 5.28. The van der Waals surface area contributed by atoms with Crippen LogP contribution in [0.5, 0.6) is 0 Å². The predicted molar refractivity (Wildman–Crippen MR) is 132 cm³/mol. The first kappa shape index (κ1) is 30.0. The van der Waals surface area contributed by atoms with Gasteiger partial charge in [0, 0.05) is 13.2 Å². The van der Waals surface area contributed by atoms with Crippen molar-refractivity contribution in [1.82, 2.24) is 15.0 Å². The highest BCUT2D eigenvalue weighted by Gasteiger charge is 2.24. The number of aromatic nitrogens is 3. The summed E-state index contributed by atoms with van der Waals surface area (Å²) in [4.78, 5) is 0. The second-order valence-corrected chi connectivity index (χ2v) is 11.2. The molecule has 0 unspecified atom stereocenters. The van der Waals surface area contributed by atoms with E-state index in [2.05, 4.69) is 65.7 Å². The first-order chi connectivity index (χ1) is 15.2. The van der Waals surface area contributed by atoms with Crippen LogP contribution in [-0.4, -0.2) is 63.8 Å². The van der Waals surface area contributed by atoms with Crippen molar-refractivity contribution in [2.24, 2.45) is 5.73 Å². The summed E-state index contributed by atoms with van der Waals surface area (Å²) in [6.45, 7) is 22.5. The highest BCUT2D eigenvalue weighted by atomic mass is 16.5. The summed E-state index contributed by atoms with van der Waals surface area (Å²) in [5.74, 6) is 0. The van der Waals surface area contributed by atoms with Gasteiger partial charge in [-0.25, -0.2) is 0 Å². The average molecular weight is 471 g/mol. The van der Waals surface area contributed by atoms with E-state index in [1.54, 1.807) is 0 Å². The Labute approximate surface area is 201 Å². The van der Waals surface area contributed by atoms with E-state index in [0.717, 1.165) is 37.9 Å². The van der Waals surface area contributed by atoms with Gasteiger partial charge in [-0.3, -0.25) is 4.68 Å². The van der Waals surface area contributed by atoms with Crippen LogP contribution in [0, 0.1) is 0 Å². The minimum atomic E-state index is -0.312. The van der Waals surface area contributed by atoms with Crippen LogP contribution in [0.2, 0.25) is 0 Å². The number of rotatable bonds is 18. The van der Waals surface area contributed by atoms with Crippen molar-refractivity contribution >= 4 is 0 Å². The molecule has 0 aliphatic rings. The van der Waals surface area contributed by atoms with Crippen LogP contribution in [-0.2, 0) is 32.1 Å². The number of aryl methyl sites for hydroxylation is 1. The van der Waals surface area contributed by atoms with Crippen LogP contribution in [0.4, 0.5) is 0 Å². The zero-order valence-corrected chi connectivity index (χ0v) is 22.7. The molecule has 2 N–H and O–H groups in total. The van der Waals surface area contributed by atoms with Gasteiger partial charge in [-0.15, -0.1) is 5.10 Å². The third-order valence-corrected chi connectivity index (χ3v) is 5.82. The molecule has 0 spiro atoms. The molecule has 0 bridgehead atoms. The summed E-state index contributed by atoms with van der Waals surface area (Å²) >= 11 is 0. The molecule has 1 rings (SSSR count). The molecule has 1 heterocycles. The molecule has 0 amide bonds. The lowest BCUT2D eigenvalue weighted by Gasteiger charge is -2.29. The summed E-state index contributed by atoms with van der Waals surface area (Å²) in [5, 5.41) is 8.52.